The van der Waals surface area contributed by atoms with Gasteiger partial charge in [-0.1, -0.05) is 30.3 Å². The van der Waals surface area contributed by atoms with Crippen LogP contribution in [0.2, 0.25) is 0 Å². The quantitative estimate of drug-likeness (QED) is 0.694. The molecule has 1 aromatic heterocycles. The Hall–Kier alpha value is -2.26. The van der Waals surface area contributed by atoms with Crippen molar-refractivity contribution in [3.8, 4) is 0 Å². The van der Waals surface area contributed by atoms with Crippen LogP contribution < -0.4 is 5.32 Å². The van der Waals surface area contributed by atoms with Gasteiger partial charge in [0.2, 0.25) is 0 Å². The first kappa shape index (κ1) is 19.1. The number of sulfonamides is 1. The highest BCUT2D eigenvalue weighted by Crippen LogP contribution is 2.25. The van der Waals surface area contributed by atoms with Crippen LogP contribution in [0, 0.1) is 0 Å². The molecule has 1 N–H and O–H groups in total. The summed E-state index contributed by atoms with van der Waals surface area (Å²) in [6, 6.07) is 16.8. The average Bonchev–Trinajstić information content (AvgIpc) is 3.22. The van der Waals surface area contributed by atoms with Crippen molar-refractivity contribution >= 4 is 38.0 Å². The Kier molecular flexibility index (Phi) is 5.45. The number of morpholine rings is 1. The third kappa shape index (κ3) is 3.95. The van der Waals surface area contributed by atoms with Crippen molar-refractivity contribution < 1.29 is 17.9 Å². The summed E-state index contributed by atoms with van der Waals surface area (Å²) in [7, 11) is -3.50. The zero-order valence-corrected chi connectivity index (χ0v) is 16.8. The molecule has 0 bridgehead atoms. The molecule has 0 atom stereocenters. The van der Waals surface area contributed by atoms with Crippen LogP contribution in [-0.2, 0) is 21.3 Å². The lowest BCUT2D eigenvalue weighted by molar-refractivity contribution is 0.0731. The van der Waals surface area contributed by atoms with Crippen molar-refractivity contribution in [2.45, 2.75) is 10.8 Å². The molecule has 2 aromatic carbocycles. The van der Waals surface area contributed by atoms with E-state index in [1.54, 1.807) is 18.2 Å². The second-order valence-electron chi connectivity index (χ2n) is 6.48. The largest absolute Gasteiger partial charge is 0.379 e. The molecule has 1 aliphatic heterocycles. The van der Waals surface area contributed by atoms with Gasteiger partial charge in [0.1, 0.15) is 4.21 Å². The SMILES string of the molecule is O=C(NCc1ccc(S(=O)(=O)N2CCOCC2)s1)c1ccc2ccccc2c1. The van der Waals surface area contributed by atoms with Crippen LogP contribution in [0.25, 0.3) is 10.8 Å². The van der Waals surface area contributed by atoms with E-state index < -0.39 is 10.0 Å². The molecule has 1 aliphatic rings. The first-order chi connectivity index (χ1) is 13.5. The monoisotopic (exact) mass is 416 g/mol. The maximum Gasteiger partial charge on any atom is 0.252 e. The van der Waals surface area contributed by atoms with Crippen LogP contribution in [-0.4, -0.2) is 44.9 Å². The smallest absolute Gasteiger partial charge is 0.252 e. The van der Waals surface area contributed by atoms with Gasteiger partial charge in [-0.3, -0.25) is 4.79 Å². The third-order valence-corrected chi connectivity index (χ3v) is 8.09. The predicted octanol–water partition coefficient (Wildman–Crippen LogP) is 2.85. The number of nitrogens with zero attached hydrogens (tertiary/aromatic N) is 1. The summed E-state index contributed by atoms with van der Waals surface area (Å²) in [4.78, 5) is 13.3. The van der Waals surface area contributed by atoms with Gasteiger partial charge in [0.05, 0.1) is 19.8 Å². The van der Waals surface area contributed by atoms with E-state index in [9.17, 15) is 13.2 Å². The van der Waals surface area contributed by atoms with E-state index in [0.29, 0.717) is 36.1 Å². The number of ether oxygens (including phenoxy) is 1. The number of hydrogen-bond acceptors (Lipinski definition) is 5. The third-order valence-electron chi connectivity index (χ3n) is 4.64. The molecule has 0 unspecified atom stereocenters. The van der Waals surface area contributed by atoms with Gasteiger partial charge < -0.3 is 10.1 Å². The molecule has 0 spiro atoms. The Morgan fingerprint density at radius 2 is 1.79 bits per heavy atom. The molecule has 28 heavy (non-hydrogen) atoms. The Morgan fingerprint density at radius 3 is 2.57 bits per heavy atom. The van der Waals surface area contributed by atoms with E-state index in [1.165, 1.54) is 15.6 Å². The minimum Gasteiger partial charge on any atom is -0.379 e. The number of nitrogens with one attached hydrogen (secondary N) is 1. The van der Waals surface area contributed by atoms with Crippen molar-refractivity contribution in [2.24, 2.45) is 0 Å². The summed E-state index contributed by atoms with van der Waals surface area (Å²) in [6.45, 7) is 1.86. The lowest BCUT2D eigenvalue weighted by Crippen LogP contribution is -2.40. The number of thiophene rings is 1. The minimum atomic E-state index is -3.50. The molecule has 2 heterocycles. The fraction of sp³-hybridized carbons (Fsp3) is 0.250. The average molecular weight is 417 g/mol. The van der Waals surface area contributed by atoms with E-state index in [-0.39, 0.29) is 12.5 Å². The van der Waals surface area contributed by atoms with E-state index >= 15 is 0 Å². The highest BCUT2D eigenvalue weighted by Gasteiger charge is 2.27. The summed E-state index contributed by atoms with van der Waals surface area (Å²) in [5.74, 6) is -0.184. The van der Waals surface area contributed by atoms with E-state index in [1.807, 2.05) is 36.4 Å². The minimum absolute atomic E-state index is 0.184. The molecule has 0 saturated carbocycles. The molecule has 4 rings (SSSR count). The van der Waals surface area contributed by atoms with E-state index in [2.05, 4.69) is 5.32 Å². The summed E-state index contributed by atoms with van der Waals surface area (Å²) in [5, 5.41) is 4.95. The Labute approximate surface area is 167 Å². The molecular weight excluding hydrogens is 396 g/mol. The van der Waals surface area contributed by atoms with Crippen molar-refractivity contribution in [3.05, 3.63) is 65.0 Å². The van der Waals surface area contributed by atoms with Crippen LogP contribution in [0.3, 0.4) is 0 Å². The highest BCUT2D eigenvalue weighted by atomic mass is 32.2. The lowest BCUT2D eigenvalue weighted by atomic mass is 10.1. The van der Waals surface area contributed by atoms with Gasteiger partial charge in [-0.05, 0) is 35.0 Å². The Bertz CT molecular complexity index is 1100. The van der Waals surface area contributed by atoms with Crippen LogP contribution in [0.4, 0.5) is 0 Å². The molecule has 1 fully saturated rings. The van der Waals surface area contributed by atoms with Gasteiger partial charge in [-0.15, -0.1) is 11.3 Å². The molecule has 0 aliphatic carbocycles. The number of rotatable bonds is 5. The van der Waals surface area contributed by atoms with Gasteiger partial charge >= 0.3 is 0 Å². The van der Waals surface area contributed by atoms with E-state index in [4.69, 9.17) is 4.74 Å². The van der Waals surface area contributed by atoms with Crippen molar-refractivity contribution in [1.82, 2.24) is 9.62 Å². The lowest BCUT2D eigenvalue weighted by Gasteiger charge is -2.25. The summed E-state index contributed by atoms with van der Waals surface area (Å²) >= 11 is 1.19. The second-order valence-corrected chi connectivity index (χ2v) is 9.81. The highest BCUT2D eigenvalue weighted by molar-refractivity contribution is 7.91. The van der Waals surface area contributed by atoms with Crippen LogP contribution in [0.5, 0.6) is 0 Å². The molecule has 1 saturated heterocycles. The van der Waals surface area contributed by atoms with E-state index in [0.717, 1.165) is 15.6 Å². The summed E-state index contributed by atoms with van der Waals surface area (Å²) < 4.78 is 32.3. The number of fused-ring (bicyclic) bond motifs is 1. The standard InChI is InChI=1S/C20H20N2O4S2/c23-20(17-6-5-15-3-1-2-4-16(15)13-17)21-14-18-7-8-19(27-18)28(24,25)22-9-11-26-12-10-22/h1-8,13H,9-12,14H2,(H,21,23). The fourth-order valence-corrected chi connectivity index (χ4v) is 5.96. The van der Waals surface area contributed by atoms with Crippen LogP contribution >= 0.6 is 11.3 Å². The second kappa shape index (κ2) is 8.00. The number of amides is 1. The topological polar surface area (TPSA) is 75.7 Å². The first-order valence-electron chi connectivity index (χ1n) is 8.98. The van der Waals surface area contributed by atoms with Crippen molar-refractivity contribution in [2.75, 3.05) is 26.3 Å². The zero-order chi connectivity index (χ0) is 19.6. The first-order valence-corrected chi connectivity index (χ1v) is 11.2. The van der Waals surface area contributed by atoms with Gasteiger partial charge in [-0.2, -0.15) is 4.31 Å². The number of carbonyl (C=O) groups excluding carboxylic acids is 1. The number of hydrogen-bond donors (Lipinski definition) is 1. The van der Waals surface area contributed by atoms with Crippen LogP contribution in [0.1, 0.15) is 15.2 Å². The normalized spacial score (nSPS) is 15.6. The summed E-state index contributed by atoms with van der Waals surface area (Å²) in [6.07, 6.45) is 0. The fourth-order valence-electron chi connectivity index (χ4n) is 3.11. The van der Waals surface area contributed by atoms with Crippen molar-refractivity contribution in [1.29, 1.82) is 0 Å². The molecular formula is C20H20N2O4S2. The number of benzene rings is 2. The molecule has 0 radical (unpaired) electrons. The van der Waals surface area contributed by atoms with Gasteiger partial charge in [0.15, 0.2) is 0 Å². The summed E-state index contributed by atoms with van der Waals surface area (Å²) in [5.41, 5.74) is 0.580. The van der Waals surface area contributed by atoms with Crippen molar-refractivity contribution in [3.63, 3.8) is 0 Å². The van der Waals surface area contributed by atoms with Gasteiger partial charge in [0.25, 0.3) is 15.9 Å². The van der Waals surface area contributed by atoms with Gasteiger partial charge in [0, 0.05) is 23.5 Å². The predicted molar refractivity (Wildman–Crippen MR) is 109 cm³/mol. The zero-order valence-electron chi connectivity index (χ0n) is 15.1. The maximum atomic E-state index is 12.7. The molecule has 1 amide bonds. The Morgan fingerprint density at radius 1 is 1.04 bits per heavy atom. The molecule has 8 heteroatoms. The molecule has 146 valence electrons. The maximum absolute atomic E-state index is 12.7. The van der Waals surface area contributed by atoms with Crippen LogP contribution in [0.15, 0.2) is 58.8 Å². The Balaban J connectivity index is 1.43. The molecule has 6 nitrogen and oxygen atoms in total. The molecule has 3 aromatic rings. The number of carbonyl (C=O) groups is 1. The van der Waals surface area contributed by atoms with Gasteiger partial charge in [-0.25, -0.2) is 8.42 Å².